The summed E-state index contributed by atoms with van der Waals surface area (Å²) in [5.74, 6) is 2.56. The second kappa shape index (κ2) is 10.2. The molecule has 160 valence electrons. The van der Waals surface area contributed by atoms with Crippen LogP contribution in [-0.2, 0) is 16.9 Å². The first-order valence-corrected chi connectivity index (χ1v) is 11.4. The van der Waals surface area contributed by atoms with Gasteiger partial charge in [-0.3, -0.25) is 4.90 Å². The zero-order valence-electron chi connectivity index (χ0n) is 17.6. The average molecular weight is 428 g/mol. The smallest absolute Gasteiger partial charge is 0.166 e. The molecule has 0 atom stereocenters. The van der Waals surface area contributed by atoms with Gasteiger partial charge in [-0.05, 0) is 43.1 Å². The number of aromatic amines is 1. The lowest BCUT2D eigenvalue weighted by Gasteiger charge is -2.26. The average Bonchev–Trinajstić information content (AvgIpc) is 3.20. The molecular weight excluding hydrogens is 398 g/mol. The third kappa shape index (κ3) is 5.28. The van der Waals surface area contributed by atoms with Crippen LogP contribution in [0, 0.1) is 0 Å². The van der Waals surface area contributed by atoms with Gasteiger partial charge in [0.1, 0.15) is 11.5 Å². The molecule has 2 heterocycles. The van der Waals surface area contributed by atoms with Crippen LogP contribution in [0.15, 0.2) is 41.6 Å². The molecule has 0 unspecified atom stereocenters. The van der Waals surface area contributed by atoms with E-state index in [0.29, 0.717) is 0 Å². The molecule has 1 aromatic heterocycles. The summed E-state index contributed by atoms with van der Waals surface area (Å²) in [5, 5.41) is 0.901. The van der Waals surface area contributed by atoms with Gasteiger partial charge in [-0.25, -0.2) is 4.98 Å². The third-order valence-electron chi connectivity index (χ3n) is 5.42. The van der Waals surface area contributed by atoms with E-state index in [-0.39, 0.29) is 0 Å². The van der Waals surface area contributed by atoms with Crippen molar-refractivity contribution in [1.29, 1.82) is 0 Å². The van der Waals surface area contributed by atoms with E-state index in [0.717, 1.165) is 79.1 Å². The molecule has 0 aliphatic carbocycles. The molecule has 2 aromatic carbocycles. The molecule has 1 N–H and O–H groups in total. The molecule has 1 saturated heterocycles. The van der Waals surface area contributed by atoms with Crippen LogP contribution in [0.5, 0.6) is 11.5 Å². The van der Waals surface area contributed by atoms with E-state index < -0.39 is 0 Å². The number of aryl methyl sites for hydroxylation is 1. The molecule has 0 radical (unpaired) electrons. The van der Waals surface area contributed by atoms with Crippen LogP contribution >= 0.6 is 11.8 Å². The van der Waals surface area contributed by atoms with Crippen molar-refractivity contribution in [3.8, 4) is 11.5 Å². The molecule has 6 nitrogen and oxygen atoms in total. The summed E-state index contributed by atoms with van der Waals surface area (Å²) in [6.07, 6.45) is 2.23. The number of H-pyrrole nitrogens is 1. The fourth-order valence-corrected chi connectivity index (χ4v) is 4.60. The Bertz CT molecular complexity index is 969. The Kier molecular flexibility index (Phi) is 7.15. The quantitative estimate of drug-likeness (QED) is 0.518. The lowest BCUT2D eigenvalue weighted by molar-refractivity contribution is 0.0374. The Morgan fingerprint density at radius 1 is 1.10 bits per heavy atom. The van der Waals surface area contributed by atoms with Crippen LogP contribution in [0.4, 0.5) is 0 Å². The molecule has 0 saturated carbocycles. The Morgan fingerprint density at radius 2 is 1.97 bits per heavy atom. The third-order valence-corrected chi connectivity index (χ3v) is 6.34. The van der Waals surface area contributed by atoms with E-state index in [1.165, 1.54) is 11.1 Å². The zero-order chi connectivity index (χ0) is 20.8. The van der Waals surface area contributed by atoms with Gasteiger partial charge in [0.05, 0.1) is 38.5 Å². The van der Waals surface area contributed by atoms with Crippen LogP contribution in [0.1, 0.15) is 17.5 Å². The highest BCUT2D eigenvalue weighted by molar-refractivity contribution is 7.98. The fourth-order valence-electron chi connectivity index (χ4n) is 3.74. The number of nitrogens with one attached hydrogen (secondary N) is 1. The van der Waals surface area contributed by atoms with Crippen LogP contribution in [0.2, 0.25) is 0 Å². The van der Waals surface area contributed by atoms with Crippen LogP contribution in [0.25, 0.3) is 11.0 Å². The summed E-state index contributed by atoms with van der Waals surface area (Å²) in [7, 11) is 3.41. The molecule has 0 amide bonds. The molecule has 1 aliphatic heterocycles. The first-order valence-electron chi connectivity index (χ1n) is 10.4. The van der Waals surface area contributed by atoms with Gasteiger partial charge in [-0.2, -0.15) is 0 Å². The predicted octanol–water partition coefficient (Wildman–Crippen LogP) is 4.14. The van der Waals surface area contributed by atoms with Crippen LogP contribution < -0.4 is 9.47 Å². The number of aromatic nitrogens is 2. The first-order chi connectivity index (χ1) is 14.7. The summed E-state index contributed by atoms with van der Waals surface area (Å²) >= 11 is 1.69. The number of ether oxygens (including phenoxy) is 3. The zero-order valence-corrected chi connectivity index (χ0v) is 18.5. The summed E-state index contributed by atoms with van der Waals surface area (Å²) in [5.41, 5.74) is 4.49. The normalized spacial score (nSPS) is 14.9. The summed E-state index contributed by atoms with van der Waals surface area (Å²) < 4.78 is 16.3. The molecule has 4 rings (SSSR count). The summed E-state index contributed by atoms with van der Waals surface area (Å²) in [6.45, 7) is 4.95. The van der Waals surface area contributed by atoms with Crippen molar-refractivity contribution in [1.82, 2.24) is 14.9 Å². The molecule has 30 heavy (non-hydrogen) atoms. The van der Waals surface area contributed by atoms with Gasteiger partial charge in [0.2, 0.25) is 0 Å². The second-order valence-corrected chi connectivity index (χ2v) is 8.38. The summed E-state index contributed by atoms with van der Waals surface area (Å²) in [6, 6.07) is 12.4. The fraction of sp³-hybridized carbons (Fsp3) is 0.435. The Morgan fingerprint density at radius 3 is 2.77 bits per heavy atom. The van der Waals surface area contributed by atoms with E-state index in [1.807, 2.05) is 18.2 Å². The number of thioether (sulfide) groups is 1. The van der Waals surface area contributed by atoms with Gasteiger partial charge in [0.15, 0.2) is 5.16 Å². The Balaban J connectivity index is 1.38. The minimum Gasteiger partial charge on any atom is -0.497 e. The van der Waals surface area contributed by atoms with Crippen molar-refractivity contribution in [2.45, 2.75) is 23.8 Å². The standard InChI is InChI=1S/C23H29N3O3S/c1-27-19-6-7-20-21(15-19)25-23(24-20)30-16-18-14-17(5-8-22(18)28-2)4-3-9-26-10-12-29-13-11-26/h5-8,14-15H,3-4,9-13,16H2,1-2H3,(H,24,25). The number of benzene rings is 2. The monoisotopic (exact) mass is 427 g/mol. The lowest BCUT2D eigenvalue weighted by atomic mass is 10.1. The highest BCUT2D eigenvalue weighted by atomic mass is 32.2. The topological polar surface area (TPSA) is 59.6 Å². The van der Waals surface area contributed by atoms with Crippen molar-refractivity contribution in [2.75, 3.05) is 47.1 Å². The highest BCUT2D eigenvalue weighted by Gasteiger charge is 2.11. The van der Waals surface area contributed by atoms with Crippen molar-refractivity contribution in [3.63, 3.8) is 0 Å². The van der Waals surface area contributed by atoms with E-state index in [4.69, 9.17) is 14.2 Å². The number of fused-ring (bicyclic) bond motifs is 1. The van der Waals surface area contributed by atoms with E-state index in [1.54, 1.807) is 26.0 Å². The molecule has 7 heteroatoms. The minimum absolute atomic E-state index is 0.803. The minimum atomic E-state index is 0.803. The molecule has 1 fully saturated rings. The van der Waals surface area contributed by atoms with Crippen LogP contribution in [-0.4, -0.2) is 61.9 Å². The van der Waals surface area contributed by atoms with E-state index in [2.05, 4.69) is 33.1 Å². The maximum absolute atomic E-state index is 5.60. The van der Waals surface area contributed by atoms with Crippen LogP contribution in [0.3, 0.4) is 0 Å². The van der Waals surface area contributed by atoms with Gasteiger partial charge in [0.25, 0.3) is 0 Å². The van der Waals surface area contributed by atoms with Gasteiger partial charge in [0, 0.05) is 30.5 Å². The number of methoxy groups -OCH3 is 2. The first kappa shape index (κ1) is 21.0. The predicted molar refractivity (Wildman–Crippen MR) is 121 cm³/mol. The molecule has 0 spiro atoms. The molecular formula is C23H29N3O3S. The van der Waals surface area contributed by atoms with Gasteiger partial charge >= 0.3 is 0 Å². The largest absolute Gasteiger partial charge is 0.497 e. The molecule has 1 aliphatic rings. The number of hydrogen-bond donors (Lipinski definition) is 1. The Hall–Kier alpha value is -2.22. The number of imidazole rings is 1. The number of morpholine rings is 1. The van der Waals surface area contributed by atoms with Crippen molar-refractivity contribution < 1.29 is 14.2 Å². The maximum atomic E-state index is 5.60. The second-order valence-electron chi connectivity index (χ2n) is 7.42. The number of nitrogens with zero attached hydrogens (tertiary/aromatic N) is 2. The van der Waals surface area contributed by atoms with Crippen molar-refractivity contribution in [2.24, 2.45) is 0 Å². The molecule has 0 bridgehead atoms. The van der Waals surface area contributed by atoms with Gasteiger partial charge in [-0.15, -0.1) is 0 Å². The van der Waals surface area contributed by atoms with Gasteiger partial charge < -0.3 is 19.2 Å². The van der Waals surface area contributed by atoms with Crippen molar-refractivity contribution >= 4 is 22.8 Å². The maximum Gasteiger partial charge on any atom is 0.166 e. The Labute approximate surface area is 181 Å². The number of rotatable bonds is 9. The number of hydrogen-bond acceptors (Lipinski definition) is 6. The van der Waals surface area contributed by atoms with Crippen molar-refractivity contribution in [3.05, 3.63) is 47.5 Å². The SMILES string of the molecule is COc1ccc2nc(SCc3cc(CCCN4CCOCC4)ccc3OC)[nH]c2c1. The summed E-state index contributed by atoms with van der Waals surface area (Å²) in [4.78, 5) is 10.5. The lowest BCUT2D eigenvalue weighted by Crippen LogP contribution is -2.36. The van der Waals surface area contributed by atoms with Gasteiger partial charge in [-0.1, -0.05) is 23.9 Å². The molecule has 3 aromatic rings. The van der Waals surface area contributed by atoms with E-state index in [9.17, 15) is 0 Å². The highest BCUT2D eigenvalue weighted by Crippen LogP contribution is 2.30. The van der Waals surface area contributed by atoms with E-state index >= 15 is 0 Å².